The van der Waals surface area contributed by atoms with Crippen molar-refractivity contribution < 1.29 is 14.3 Å². The van der Waals surface area contributed by atoms with Crippen molar-refractivity contribution in [2.75, 3.05) is 17.2 Å². The average molecular weight is 445 g/mol. The van der Waals surface area contributed by atoms with Crippen molar-refractivity contribution in [2.45, 2.75) is 18.9 Å². The van der Waals surface area contributed by atoms with Crippen molar-refractivity contribution in [2.24, 2.45) is 0 Å². The molecule has 1 fully saturated rings. The average Bonchev–Trinajstić information content (AvgIpc) is 3.50. The molecule has 3 heterocycles. The molecular formula is C24H20N4O3S. The largest absolute Gasteiger partial charge is 0.368 e. The van der Waals surface area contributed by atoms with Crippen LogP contribution in [-0.2, 0) is 9.53 Å². The zero-order chi connectivity index (χ0) is 21.9. The number of hydrogen-bond acceptors (Lipinski definition) is 6. The zero-order valence-corrected chi connectivity index (χ0v) is 17.9. The fourth-order valence-electron chi connectivity index (χ4n) is 3.52. The summed E-state index contributed by atoms with van der Waals surface area (Å²) in [5.74, 6) is -0.0562. The molecule has 2 N–H and O–H groups in total. The molecule has 0 radical (unpaired) electrons. The van der Waals surface area contributed by atoms with Crippen LogP contribution in [0.1, 0.15) is 23.2 Å². The Balaban J connectivity index is 1.26. The number of aromatic nitrogens is 2. The molecule has 4 aromatic rings. The highest BCUT2D eigenvalue weighted by atomic mass is 32.1. The summed E-state index contributed by atoms with van der Waals surface area (Å²) in [5.41, 5.74) is 2.82. The van der Waals surface area contributed by atoms with Gasteiger partial charge in [-0.1, -0.05) is 18.2 Å². The van der Waals surface area contributed by atoms with E-state index in [1.807, 2.05) is 30.3 Å². The number of carbonyl (C=O) groups is 2. The summed E-state index contributed by atoms with van der Waals surface area (Å²) in [6, 6.07) is 18.4. The van der Waals surface area contributed by atoms with Gasteiger partial charge in [-0.05, 0) is 55.3 Å². The number of nitrogens with one attached hydrogen (secondary N) is 2. The minimum atomic E-state index is -0.425. The molecule has 2 amide bonds. The zero-order valence-electron chi connectivity index (χ0n) is 17.1. The molecule has 2 aromatic heterocycles. The van der Waals surface area contributed by atoms with E-state index in [9.17, 15) is 9.59 Å². The third kappa shape index (κ3) is 4.37. The molecule has 32 heavy (non-hydrogen) atoms. The fraction of sp³-hybridized carbons (Fsp3) is 0.167. The van der Waals surface area contributed by atoms with Crippen LogP contribution in [0.2, 0.25) is 0 Å². The van der Waals surface area contributed by atoms with E-state index in [0.717, 1.165) is 27.2 Å². The van der Waals surface area contributed by atoms with Crippen LogP contribution < -0.4 is 10.6 Å². The van der Waals surface area contributed by atoms with Crippen molar-refractivity contribution in [1.82, 2.24) is 9.97 Å². The molecule has 0 saturated carbocycles. The lowest BCUT2D eigenvalue weighted by Gasteiger charge is -2.11. The van der Waals surface area contributed by atoms with Crippen LogP contribution in [0.5, 0.6) is 0 Å². The number of thiazole rings is 1. The lowest BCUT2D eigenvalue weighted by molar-refractivity contribution is -0.124. The summed E-state index contributed by atoms with van der Waals surface area (Å²) in [6.07, 6.45) is 2.87. The van der Waals surface area contributed by atoms with Crippen molar-refractivity contribution in [1.29, 1.82) is 0 Å². The highest BCUT2D eigenvalue weighted by molar-refractivity contribution is 7.21. The Bertz CT molecular complexity index is 1250. The number of pyridine rings is 1. The van der Waals surface area contributed by atoms with Crippen molar-refractivity contribution in [3.63, 3.8) is 0 Å². The number of rotatable bonds is 5. The first kappa shape index (κ1) is 20.3. The van der Waals surface area contributed by atoms with Gasteiger partial charge in [0, 0.05) is 29.6 Å². The summed E-state index contributed by atoms with van der Waals surface area (Å²) in [7, 11) is 0. The van der Waals surface area contributed by atoms with E-state index in [1.165, 1.54) is 0 Å². The van der Waals surface area contributed by atoms with Gasteiger partial charge in [0.25, 0.3) is 11.8 Å². The molecule has 7 nitrogen and oxygen atoms in total. The fourth-order valence-corrected chi connectivity index (χ4v) is 4.48. The van der Waals surface area contributed by atoms with Crippen molar-refractivity contribution in [3.05, 3.63) is 72.4 Å². The Morgan fingerprint density at radius 2 is 1.94 bits per heavy atom. The SMILES string of the molecule is O=C(Nc1ccc(-c2nc3ccccc3s2)cn1)c1cccc(NC(=O)C2CCCO2)c1. The maximum absolute atomic E-state index is 12.7. The highest BCUT2D eigenvalue weighted by Gasteiger charge is 2.23. The first-order chi connectivity index (χ1) is 15.7. The third-order valence-electron chi connectivity index (χ3n) is 5.16. The van der Waals surface area contributed by atoms with Gasteiger partial charge in [-0.15, -0.1) is 11.3 Å². The van der Waals surface area contributed by atoms with Gasteiger partial charge in [0.15, 0.2) is 0 Å². The van der Waals surface area contributed by atoms with Crippen LogP contribution in [0.15, 0.2) is 66.9 Å². The summed E-state index contributed by atoms with van der Waals surface area (Å²) < 4.78 is 6.52. The molecule has 2 aromatic carbocycles. The number of nitrogens with zero attached hydrogens (tertiary/aromatic N) is 2. The highest BCUT2D eigenvalue weighted by Crippen LogP contribution is 2.30. The van der Waals surface area contributed by atoms with Crippen molar-refractivity contribution in [3.8, 4) is 10.6 Å². The lowest BCUT2D eigenvalue weighted by atomic mass is 10.1. The topological polar surface area (TPSA) is 93.2 Å². The normalized spacial score (nSPS) is 15.6. The van der Waals surface area contributed by atoms with E-state index >= 15 is 0 Å². The van der Waals surface area contributed by atoms with Crippen LogP contribution in [0.4, 0.5) is 11.5 Å². The molecule has 1 unspecified atom stereocenters. The Kier molecular flexibility index (Phi) is 5.62. The van der Waals surface area contributed by atoms with Crippen LogP contribution in [0.3, 0.4) is 0 Å². The first-order valence-electron chi connectivity index (χ1n) is 10.3. The second-order valence-corrected chi connectivity index (χ2v) is 8.48. The number of fused-ring (bicyclic) bond motifs is 1. The molecule has 1 saturated heterocycles. The Labute approximate surface area is 188 Å². The number of carbonyl (C=O) groups excluding carboxylic acids is 2. The molecule has 1 aliphatic rings. The third-order valence-corrected chi connectivity index (χ3v) is 6.25. The predicted octanol–water partition coefficient (Wildman–Crippen LogP) is 4.73. The van der Waals surface area contributed by atoms with Crippen molar-refractivity contribution >= 4 is 44.9 Å². The Morgan fingerprint density at radius 1 is 1.03 bits per heavy atom. The standard InChI is InChI=1S/C24H20N4O3S/c29-22(15-5-3-6-17(13-15)26-23(30)19-8-4-12-31-19)28-21-11-10-16(14-25-21)24-27-18-7-1-2-9-20(18)32-24/h1-3,5-7,9-11,13-14,19H,4,8,12H2,(H,26,30)(H,25,28,29). The number of anilines is 2. The molecule has 0 aliphatic carbocycles. The second kappa shape index (κ2) is 8.86. The summed E-state index contributed by atoms with van der Waals surface area (Å²) in [4.78, 5) is 33.9. The van der Waals surface area contributed by atoms with Gasteiger partial charge >= 0.3 is 0 Å². The van der Waals surface area contributed by atoms with Crippen LogP contribution in [0.25, 0.3) is 20.8 Å². The van der Waals surface area contributed by atoms with Gasteiger partial charge in [0.1, 0.15) is 16.9 Å². The number of para-hydroxylation sites is 1. The van der Waals surface area contributed by atoms with Crippen LogP contribution in [-0.4, -0.2) is 34.5 Å². The Morgan fingerprint density at radius 3 is 2.72 bits per heavy atom. The first-order valence-corrected chi connectivity index (χ1v) is 11.1. The Hall–Kier alpha value is -3.62. The predicted molar refractivity (Wildman–Crippen MR) is 125 cm³/mol. The number of amides is 2. The molecule has 5 rings (SSSR count). The molecule has 1 aliphatic heterocycles. The van der Waals surface area contributed by atoms with E-state index < -0.39 is 6.10 Å². The van der Waals surface area contributed by atoms with E-state index in [-0.39, 0.29) is 11.8 Å². The molecule has 1 atom stereocenters. The van der Waals surface area contributed by atoms with E-state index in [1.54, 1.807) is 47.9 Å². The van der Waals surface area contributed by atoms with Gasteiger partial charge in [-0.2, -0.15) is 0 Å². The number of ether oxygens (including phenoxy) is 1. The molecule has 160 valence electrons. The van der Waals surface area contributed by atoms with E-state index in [4.69, 9.17) is 4.74 Å². The lowest BCUT2D eigenvalue weighted by Crippen LogP contribution is -2.27. The van der Waals surface area contributed by atoms with E-state index in [2.05, 4.69) is 20.6 Å². The second-order valence-electron chi connectivity index (χ2n) is 7.44. The molecular weight excluding hydrogens is 424 g/mol. The monoisotopic (exact) mass is 444 g/mol. The summed E-state index contributed by atoms with van der Waals surface area (Å²) in [5, 5.41) is 6.49. The molecule has 0 bridgehead atoms. The van der Waals surface area contributed by atoms with Gasteiger partial charge < -0.3 is 15.4 Å². The quantitative estimate of drug-likeness (QED) is 0.464. The van der Waals surface area contributed by atoms with Gasteiger partial charge in [-0.25, -0.2) is 9.97 Å². The number of hydrogen-bond donors (Lipinski definition) is 2. The van der Waals surface area contributed by atoms with Crippen LogP contribution >= 0.6 is 11.3 Å². The minimum Gasteiger partial charge on any atom is -0.368 e. The van der Waals surface area contributed by atoms with Gasteiger partial charge in [0.2, 0.25) is 0 Å². The van der Waals surface area contributed by atoms with Gasteiger partial charge in [0.05, 0.1) is 10.2 Å². The number of benzene rings is 2. The summed E-state index contributed by atoms with van der Waals surface area (Å²) in [6.45, 7) is 0.602. The maximum atomic E-state index is 12.7. The van der Waals surface area contributed by atoms with Gasteiger partial charge in [-0.3, -0.25) is 9.59 Å². The molecule has 8 heteroatoms. The minimum absolute atomic E-state index is 0.188. The smallest absolute Gasteiger partial charge is 0.256 e. The maximum Gasteiger partial charge on any atom is 0.256 e. The van der Waals surface area contributed by atoms with Crippen LogP contribution in [0, 0.1) is 0 Å². The summed E-state index contributed by atoms with van der Waals surface area (Å²) >= 11 is 1.60. The molecule has 0 spiro atoms. The van der Waals surface area contributed by atoms with E-state index in [0.29, 0.717) is 30.1 Å².